The molecule has 2 aromatic rings. The molecule has 16 heavy (non-hydrogen) atoms. The topological polar surface area (TPSA) is 33.4 Å². The molecule has 0 spiro atoms. The van der Waals surface area contributed by atoms with Gasteiger partial charge in [-0.1, -0.05) is 18.6 Å². The van der Waals surface area contributed by atoms with E-state index < -0.39 is 6.10 Å². The molecule has 1 fully saturated rings. The van der Waals surface area contributed by atoms with Crippen LogP contribution >= 0.6 is 15.9 Å². The second-order valence-electron chi connectivity index (χ2n) is 4.44. The number of halogens is 1. The van der Waals surface area contributed by atoms with Crippen molar-refractivity contribution in [3.63, 3.8) is 0 Å². The third kappa shape index (κ3) is 1.59. The van der Waals surface area contributed by atoms with Crippen molar-refractivity contribution in [1.82, 2.24) is 0 Å². The van der Waals surface area contributed by atoms with Crippen LogP contribution < -0.4 is 0 Å². The highest BCUT2D eigenvalue weighted by molar-refractivity contribution is 9.10. The Labute approximate surface area is 102 Å². The van der Waals surface area contributed by atoms with E-state index in [1.165, 1.54) is 6.42 Å². The Morgan fingerprint density at radius 3 is 2.81 bits per heavy atom. The number of aliphatic hydroxyl groups is 1. The Hall–Kier alpha value is -0.800. The van der Waals surface area contributed by atoms with Crippen LogP contribution in [0.5, 0.6) is 0 Å². The number of aliphatic hydroxyl groups excluding tert-OH is 1. The van der Waals surface area contributed by atoms with E-state index in [2.05, 4.69) is 15.9 Å². The quantitative estimate of drug-likeness (QED) is 0.901. The van der Waals surface area contributed by atoms with Gasteiger partial charge < -0.3 is 9.52 Å². The standard InChI is InChI=1S/C13H13BrO2/c14-10-6-2-5-9-7-11(16-13(9)10)12(15)8-3-1-4-8/h2,5-8,12,15H,1,3-4H2. The lowest BCUT2D eigenvalue weighted by Crippen LogP contribution is -2.19. The van der Waals surface area contributed by atoms with Crippen molar-refractivity contribution < 1.29 is 9.52 Å². The SMILES string of the molecule is OC(c1cc2cccc(Br)c2o1)C1CCC1. The fraction of sp³-hybridized carbons (Fsp3) is 0.385. The molecule has 1 aliphatic carbocycles. The summed E-state index contributed by atoms with van der Waals surface area (Å²) in [6.45, 7) is 0. The van der Waals surface area contributed by atoms with E-state index in [4.69, 9.17) is 4.42 Å². The summed E-state index contributed by atoms with van der Waals surface area (Å²) in [4.78, 5) is 0. The lowest BCUT2D eigenvalue weighted by Gasteiger charge is -2.28. The van der Waals surface area contributed by atoms with Crippen LogP contribution in [0.25, 0.3) is 11.0 Å². The van der Waals surface area contributed by atoms with Gasteiger partial charge in [-0.3, -0.25) is 0 Å². The minimum absolute atomic E-state index is 0.388. The van der Waals surface area contributed by atoms with Gasteiger partial charge in [0.25, 0.3) is 0 Å². The van der Waals surface area contributed by atoms with E-state index in [1.54, 1.807) is 0 Å². The van der Waals surface area contributed by atoms with Gasteiger partial charge in [-0.15, -0.1) is 0 Å². The van der Waals surface area contributed by atoms with Crippen LogP contribution in [0.1, 0.15) is 31.1 Å². The highest BCUT2D eigenvalue weighted by Crippen LogP contribution is 2.40. The van der Waals surface area contributed by atoms with E-state index in [-0.39, 0.29) is 0 Å². The molecule has 1 heterocycles. The van der Waals surface area contributed by atoms with Gasteiger partial charge in [0, 0.05) is 5.39 Å². The Morgan fingerprint density at radius 2 is 2.19 bits per heavy atom. The van der Waals surface area contributed by atoms with Gasteiger partial charge in [0.05, 0.1) is 4.47 Å². The number of hydrogen-bond donors (Lipinski definition) is 1. The normalized spacial score (nSPS) is 18.6. The molecule has 1 aromatic heterocycles. The molecule has 1 aromatic carbocycles. The molecule has 1 unspecified atom stereocenters. The zero-order chi connectivity index (χ0) is 11.1. The average Bonchev–Trinajstić information content (AvgIpc) is 2.60. The summed E-state index contributed by atoms with van der Waals surface area (Å²) in [6.07, 6.45) is 3.01. The largest absolute Gasteiger partial charge is 0.457 e. The molecule has 0 aliphatic heterocycles. The van der Waals surface area contributed by atoms with Crippen LogP contribution in [0.3, 0.4) is 0 Å². The fourth-order valence-corrected chi connectivity index (χ4v) is 2.64. The maximum atomic E-state index is 10.1. The molecular formula is C13H13BrO2. The van der Waals surface area contributed by atoms with Crippen molar-refractivity contribution in [3.8, 4) is 0 Å². The maximum absolute atomic E-state index is 10.1. The number of hydrogen-bond acceptors (Lipinski definition) is 2. The van der Waals surface area contributed by atoms with Crippen LogP contribution in [0.4, 0.5) is 0 Å². The monoisotopic (exact) mass is 280 g/mol. The number of para-hydroxylation sites is 1. The maximum Gasteiger partial charge on any atom is 0.148 e. The van der Waals surface area contributed by atoms with Crippen molar-refractivity contribution >= 4 is 26.9 Å². The van der Waals surface area contributed by atoms with E-state index >= 15 is 0 Å². The zero-order valence-electron chi connectivity index (χ0n) is 8.82. The van der Waals surface area contributed by atoms with Crippen molar-refractivity contribution in [1.29, 1.82) is 0 Å². The first-order valence-electron chi connectivity index (χ1n) is 5.62. The van der Waals surface area contributed by atoms with Crippen molar-refractivity contribution in [2.75, 3.05) is 0 Å². The smallest absolute Gasteiger partial charge is 0.148 e. The molecule has 0 amide bonds. The summed E-state index contributed by atoms with van der Waals surface area (Å²) < 4.78 is 6.66. The molecular weight excluding hydrogens is 268 g/mol. The predicted octanol–water partition coefficient (Wildman–Crippen LogP) is 4.03. The Balaban J connectivity index is 2.01. The molecule has 1 atom stereocenters. The summed E-state index contributed by atoms with van der Waals surface area (Å²) in [7, 11) is 0. The van der Waals surface area contributed by atoms with Crippen LogP contribution in [0.15, 0.2) is 33.2 Å². The Kier molecular flexibility index (Phi) is 2.52. The predicted molar refractivity (Wildman–Crippen MR) is 66.2 cm³/mol. The fourth-order valence-electron chi connectivity index (χ4n) is 2.18. The average molecular weight is 281 g/mol. The lowest BCUT2D eigenvalue weighted by atomic mass is 9.80. The van der Waals surface area contributed by atoms with Gasteiger partial charge in [-0.05, 0) is 46.8 Å². The number of furan rings is 1. The zero-order valence-corrected chi connectivity index (χ0v) is 10.4. The molecule has 0 radical (unpaired) electrons. The molecule has 3 rings (SSSR count). The van der Waals surface area contributed by atoms with Crippen molar-refractivity contribution in [2.24, 2.45) is 5.92 Å². The summed E-state index contributed by atoms with van der Waals surface area (Å²) in [5.74, 6) is 1.09. The molecule has 3 heteroatoms. The summed E-state index contributed by atoms with van der Waals surface area (Å²) >= 11 is 3.45. The first-order chi connectivity index (χ1) is 7.75. The molecule has 84 valence electrons. The summed E-state index contributed by atoms with van der Waals surface area (Å²) in [5.41, 5.74) is 0.830. The summed E-state index contributed by atoms with van der Waals surface area (Å²) in [5, 5.41) is 11.2. The minimum atomic E-state index is -0.437. The first-order valence-corrected chi connectivity index (χ1v) is 6.41. The second-order valence-corrected chi connectivity index (χ2v) is 5.30. The van der Waals surface area contributed by atoms with E-state index in [0.717, 1.165) is 28.3 Å². The third-order valence-electron chi connectivity index (χ3n) is 3.40. The molecule has 2 nitrogen and oxygen atoms in total. The number of rotatable bonds is 2. The van der Waals surface area contributed by atoms with Crippen LogP contribution in [0.2, 0.25) is 0 Å². The molecule has 1 aliphatic rings. The Morgan fingerprint density at radius 1 is 1.38 bits per heavy atom. The highest BCUT2D eigenvalue weighted by atomic mass is 79.9. The number of benzene rings is 1. The third-order valence-corrected chi connectivity index (χ3v) is 4.03. The minimum Gasteiger partial charge on any atom is -0.457 e. The van der Waals surface area contributed by atoms with E-state index in [1.807, 2.05) is 24.3 Å². The molecule has 0 saturated heterocycles. The van der Waals surface area contributed by atoms with Gasteiger partial charge in [0.15, 0.2) is 0 Å². The van der Waals surface area contributed by atoms with Gasteiger partial charge >= 0.3 is 0 Å². The van der Waals surface area contributed by atoms with Gasteiger partial charge in [0.1, 0.15) is 17.4 Å². The number of fused-ring (bicyclic) bond motifs is 1. The van der Waals surface area contributed by atoms with Crippen LogP contribution in [-0.2, 0) is 0 Å². The summed E-state index contributed by atoms with van der Waals surface area (Å²) in [6, 6.07) is 7.87. The van der Waals surface area contributed by atoms with Crippen molar-refractivity contribution in [2.45, 2.75) is 25.4 Å². The Bertz CT molecular complexity index is 514. The van der Waals surface area contributed by atoms with Gasteiger partial charge in [-0.2, -0.15) is 0 Å². The molecule has 1 N–H and O–H groups in total. The van der Waals surface area contributed by atoms with Crippen LogP contribution in [0, 0.1) is 5.92 Å². The van der Waals surface area contributed by atoms with Crippen LogP contribution in [-0.4, -0.2) is 5.11 Å². The highest BCUT2D eigenvalue weighted by Gasteiger charge is 2.29. The second kappa shape index (κ2) is 3.90. The molecule has 0 bridgehead atoms. The first kappa shape index (κ1) is 10.4. The van der Waals surface area contributed by atoms with Gasteiger partial charge in [-0.25, -0.2) is 0 Å². The van der Waals surface area contributed by atoms with Gasteiger partial charge in [0.2, 0.25) is 0 Å². The van der Waals surface area contributed by atoms with E-state index in [0.29, 0.717) is 11.7 Å². The van der Waals surface area contributed by atoms with Crippen molar-refractivity contribution in [3.05, 3.63) is 34.5 Å². The molecule has 1 saturated carbocycles. The lowest BCUT2D eigenvalue weighted by molar-refractivity contribution is 0.0457. The van der Waals surface area contributed by atoms with E-state index in [9.17, 15) is 5.11 Å².